The summed E-state index contributed by atoms with van der Waals surface area (Å²) in [7, 11) is 0. The Morgan fingerprint density at radius 3 is 2.83 bits per heavy atom. The summed E-state index contributed by atoms with van der Waals surface area (Å²) < 4.78 is 5.47. The maximum Gasteiger partial charge on any atom is 0.0719 e. The molecule has 18 heavy (non-hydrogen) atoms. The van der Waals surface area contributed by atoms with E-state index in [9.17, 15) is 0 Å². The zero-order chi connectivity index (χ0) is 12.4. The molecule has 2 aromatic carbocycles. The van der Waals surface area contributed by atoms with Crippen molar-refractivity contribution >= 4 is 0 Å². The standard InChI is InChI=1S/C16H17NO/c17-10-14-3-1-2-4-16(14)13-5-6-15-11-18-8-7-12(15)9-13/h1-6,9H,7-8,10-11,17H2. The van der Waals surface area contributed by atoms with Crippen LogP contribution in [-0.2, 0) is 24.3 Å². The van der Waals surface area contributed by atoms with Gasteiger partial charge in [-0.3, -0.25) is 0 Å². The van der Waals surface area contributed by atoms with E-state index in [0.29, 0.717) is 6.54 Å². The van der Waals surface area contributed by atoms with Gasteiger partial charge in [0.2, 0.25) is 0 Å². The van der Waals surface area contributed by atoms with E-state index < -0.39 is 0 Å². The molecule has 3 rings (SSSR count). The second kappa shape index (κ2) is 4.92. The maximum atomic E-state index is 5.81. The Balaban J connectivity index is 2.06. The summed E-state index contributed by atoms with van der Waals surface area (Å²) in [6, 6.07) is 15.0. The maximum absolute atomic E-state index is 5.81. The second-order valence-electron chi connectivity index (χ2n) is 4.65. The van der Waals surface area contributed by atoms with Crippen molar-refractivity contribution in [3.05, 3.63) is 59.2 Å². The van der Waals surface area contributed by atoms with Gasteiger partial charge in [-0.05, 0) is 34.2 Å². The minimum absolute atomic E-state index is 0.580. The third-order valence-electron chi connectivity index (χ3n) is 3.53. The number of benzene rings is 2. The molecular weight excluding hydrogens is 222 g/mol. The summed E-state index contributed by atoms with van der Waals surface area (Å²) in [4.78, 5) is 0. The molecule has 0 unspecified atom stereocenters. The molecule has 0 aromatic heterocycles. The largest absolute Gasteiger partial charge is 0.376 e. The molecule has 0 aliphatic carbocycles. The number of hydrogen-bond donors (Lipinski definition) is 1. The van der Waals surface area contributed by atoms with Crippen molar-refractivity contribution in [2.24, 2.45) is 5.73 Å². The van der Waals surface area contributed by atoms with E-state index in [-0.39, 0.29) is 0 Å². The Hall–Kier alpha value is -1.64. The van der Waals surface area contributed by atoms with Crippen LogP contribution < -0.4 is 5.73 Å². The minimum Gasteiger partial charge on any atom is -0.376 e. The van der Waals surface area contributed by atoms with Crippen molar-refractivity contribution in [1.82, 2.24) is 0 Å². The molecular formula is C16H17NO. The Bertz CT molecular complexity index is 563. The number of hydrogen-bond acceptors (Lipinski definition) is 2. The topological polar surface area (TPSA) is 35.2 Å². The Morgan fingerprint density at radius 2 is 1.94 bits per heavy atom. The summed E-state index contributed by atoms with van der Waals surface area (Å²) in [6.45, 7) is 2.15. The lowest BCUT2D eigenvalue weighted by Gasteiger charge is -2.18. The highest BCUT2D eigenvalue weighted by Crippen LogP contribution is 2.27. The third-order valence-corrected chi connectivity index (χ3v) is 3.53. The summed E-state index contributed by atoms with van der Waals surface area (Å²) in [5.41, 5.74) is 12.2. The number of rotatable bonds is 2. The first-order valence-electron chi connectivity index (χ1n) is 6.36. The molecule has 0 spiro atoms. The van der Waals surface area contributed by atoms with Gasteiger partial charge in [0.05, 0.1) is 13.2 Å². The second-order valence-corrected chi connectivity index (χ2v) is 4.65. The number of fused-ring (bicyclic) bond motifs is 1. The molecule has 0 saturated carbocycles. The first-order valence-corrected chi connectivity index (χ1v) is 6.36. The molecule has 2 nitrogen and oxygen atoms in total. The van der Waals surface area contributed by atoms with Crippen molar-refractivity contribution in [2.45, 2.75) is 19.6 Å². The molecule has 2 aromatic rings. The summed E-state index contributed by atoms with van der Waals surface area (Å²) in [6.07, 6.45) is 1.01. The molecule has 0 saturated heterocycles. The van der Waals surface area contributed by atoms with Crippen LogP contribution in [0.2, 0.25) is 0 Å². The summed E-state index contributed by atoms with van der Waals surface area (Å²) in [5, 5.41) is 0. The van der Waals surface area contributed by atoms with Gasteiger partial charge in [-0.15, -0.1) is 0 Å². The molecule has 1 aliphatic heterocycles. The molecule has 0 amide bonds. The first kappa shape index (κ1) is 11.5. The van der Waals surface area contributed by atoms with Crippen LogP contribution in [0.1, 0.15) is 16.7 Å². The van der Waals surface area contributed by atoms with Crippen molar-refractivity contribution in [1.29, 1.82) is 0 Å². The fraction of sp³-hybridized carbons (Fsp3) is 0.250. The molecule has 0 atom stereocenters. The van der Waals surface area contributed by atoms with Gasteiger partial charge in [-0.1, -0.05) is 42.5 Å². The van der Waals surface area contributed by atoms with E-state index in [0.717, 1.165) is 19.6 Å². The predicted molar refractivity (Wildman–Crippen MR) is 73.1 cm³/mol. The van der Waals surface area contributed by atoms with E-state index in [1.54, 1.807) is 0 Å². The van der Waals surface area contributed by atoms with Crippen molar-refractivity contribution in [2.75, 3.05) is 6.61 Å². The zero-order valence-electron chi connectivity index (χ0n) is 10.4. The van der Waals surface area contributed by atoms with Crippen molar-refractivity contribution in [3.63, 3.8) is 0 Å². The average molecular weight is 239 g/mol. The summed E-state index contributed by atoms with van der Waals surface area (Å²) in [5.74, 6) is 0. The van der Waals surface area contributed by atoms with E-state index in [4.69, 9.17) is 10.5 Å². The third kappa shape index (κ3) is 2.05. The Kier molecular flexibility index (Phi) is 3.13. The fourth-order valence-electron chi connectivity index (χ4n) is 2.51. The highest BCUT2D eigenvalue weighted by Gasteiger charge is 2.11. The van der Waals surface area contributed by atoms with Crippen LogP contribution in [0.25, 0.3) is 11.1 Å². The molecule has 2 heteroatoms. The van der Waals surface area contributed by atoms with E-state index in [1.807, 2.05) is 6.07 Å². The van der Waals surface area contributed by atoms with Crippen LogP contribution in [0.5, 0.6) is 0 Å². The normalized spacial score (nSPS) is 14.3. The first-order chi connectivity index (χ1) is 8.88. The molecule has 1 aliphatic rings. The lowest BCUT2D eigenvalue weighted by Crippen LogP contribution is -2.09. The van der Waals surface area contributed by atoms with Crippen LogP contribution in [0.3, 0.4) is 0 Å². The Morgan fingerprint density at radius 1 is 1.06 bits per heavy atom. The molecule has 92 valence electrons. The molecule has 1 heterocycles. The number of nitrogens with two attached hydrogens (primary N) is 1. The summed E-state index contributed by atoms with van der Waals surface area (Å²) >= 11 is 0. The van der Waals surface area contributed by atoms with Gasteiger partial charge in [-0.2, -0.15) is 0 Å². The van der Waals surface area contributed by atoms with Crippen molar-refractivity contribution < 1.29 is 4.74 Å². The fourth-order valence-corrected chi connectivity index (χ4v) is 2.51. The lowest BCUT2D eigenvalue weighted by molar-refractivity contribution is 0.111. The van der Waals surface area contributed by atoms with Crippen LogP contribution in [0.4, 0.5) is 0 Å². The van der Waals surface area contributed by atoms with E-state index in [2.05, 4.69) is 36.4 Å². The minimum atomic E-state index is 0.580. The molecule has 2 N–H and O–H groups in total. The molecule has 0 fully saturated rings. The van der Waals surface area contributed by atoms with Crippen LogP contribution in [0, 0.1) is 0 Å². The lowest BCUT2D eigenvalue weighted by atomic mass is 9.94. The Labute approximate surface area is 107 Å². The van der Waals surface area contributed by atoms with Crippen LogP contribution >= 0.6 is 0 Å². The monoisotopic (exact) mass is 239 g/mol. The van der Waals surface area contributed by atoms with E-state index >= 15 is 0 Å². The zero-order valence-corrected chi connectivity index (χ0v) is 10.4. The highest BCUT2D eigenvalue weighted by atomic mass is 16.5. The van der Waals surface area contributed by atoms with Gasteiger partial charge in [0.15, 0.2) is 0 Å². The number of ether oxygens (including phenoxy) is 1. The predicted octanol–water partition coefficient (Wildman–Crippen LogP) is 2.89. The van der Waals surface area contributed by atoms with Crippen molar-refractivity contribution in [3.8, 4) is 11.1 Å². The average Bonchev–Trinajstić information content (AvgIpc) is 2.46. The molecule has 0 bridgehead atoms. The van der Waals surface area contributed by atoms with Gasteiger partial charge in [-0.25, -0.2) is 0 Å². The van der Waals surface area contributed by atoms with Gasteiger partial charge in [0.1, 0.15) is 0 Å². The van der Waals surface area contributed by atoms with Gasteiger partial charge >= 0.3 is 0 Å². The van der Waals surface area contributed by atoms with Gasteiger partial charge < -0.3 is 10.5 Å². The van der Waals surface area contributed by atoms with E-state index in [1.165, 1.54) is 27.8 Å². The molecule has 0 radical (unpaired) electrons. The highest BCUT2D eigenvalue weighted by molar-refractivity contribution is 5.68. The van der Waals surface area contributed by atoms with Crippen LogP contribution in [0.15, 0.2) is 42.5 Å². The smallest absolute Gasteiger partial charge is 0.0719 e. The quantitative estimate of drug-likeness (QED) is 0.874. The van der Waals surface area contributed by atoms with Crippen LogP contribution in [-0.4, -0.2) is 6.61 Å². The van der Waals surface area contributed by atoms with Gasteiger partial charge in [0.25, 0.3) is 0 Å². The SMILES string of the molecule is NCc1ccccc1-c1ccc2c(c1)CCOC2. The van der Waals surface area contributed by atoms with Gasteiger partial charge in [0, 0.05) is 6.54 Å².